The lowest BCUT2D eigenvalue weighted by molar-refractivity contribution is -0.122. The van der Waals surface area contributed by atoms with Crippen molar-refractivity contribution in [2.75, 3.05) is 13.7 Å². The molecule has 20 heavy (non-hydrogen) atoms. The van der Waals surface area contributed by atoms with E-state index in [1.165, 1.54) is 12.8 Å². The molecule has 1 amide bonds. The first-order valence-corrected chi connectivity index (χ1v) is 7.35. The van der Waals surface area contributed by atoms with Crippen molar-refractivity contribution in [3.63, 3.8) is 0 Å². The predicted octanol–water partition coefficient (Wildman–Crippen LogP) is 2.91. The molecular formula is C16H23NO3. The number of carbonyl (C=O) groups is 1. The molecule has 0 spiro atoms. The van der Waals surface area contributed by atoms with Crippen LogP contribution in [-0.2, 0) is 4.79 Å². The van der Waals surface area contributed by atoms with Gasteiger partial charge in [-0.05, 0) is 31.4 Å². The number of carbonyl (C=O) groups excluding carboxylic acids is 1. The van der Waals surface area contributed by atoms with Crippen molar-refractivity contribution in [2.24, 2.45) is 0 Å². The minimum atomic E-state index is 0.139. The van der Waals surface area contributed by atoms with Gasteiger partial charge < -0.3 is 14.8 Å². The van der Waals surface area contributed by atoms with Gasteiger partial charge in [0.05, 0.1) is 13.7 Å². The second-order valence-corrected chi connectivity index (χ2v) is 5.15. The van der Waals surface area contributed by atoms with Crippen LogP contribution in [0, 0.1) is 0 Å². The number of benzene rings is 1. The van der Waals surface area contributed by atoms with Gasteiger partial charge in [-0.2, -0.15) is 0 Å². The first-order chi connectivity index (χ1) is 9.79. The number of ether oxygens (including phenoxy) is 2. The van der Waals surface area contributed by atoms with Gasteiger partial charge in [-0.25, -0.2) is 0 Å². The average Bonchev–Trinajstić information content (AvgIpc) is 2.97. The van der Waals surface area contributed by atoms with Crippen LogP contribution in [-0.4, -0.2) is 25.7 Å². The van der Waals surface area contributed by atoms with E-state index in [1.807, 2.05) is 24.3 Å². The van der Waals surface area contributed by atoms with Crippen LogP contribution in [0.15, 0.2) is 24.3 Å². The molecule has 0 atom stereocenters. The molecule has 1 saturated carbocycles. The second-order valence-electron chi connectivity index (χ2n) is 5.15. The Morgan fingerprint density at radius 3 is 2.65 bits per heavy atom. The fourth-order valence-corrected chi connectivity index (χ4v) is 2.52. The predicted molar refractivity (Wildman–Crippen MR) is 78.1 cm³/mol. The largest absolute Gasteiger partial charge is 0.493 e. The number of para-hydroxylation sites is 2. The normalized spacial score (nSPS) is 15.1. The van der Waals surface area contributed by atoms with E-state index in [0.717, 1.165) is 30.8 Å². The molecule has 0 aliphatic heterocycles. The third-order valence-corrected chi connectivity index (χ3v) is 3.60. The zero-order chi connectivity index (χ0) is 14.2. The van der Waals surface area contributed by atoms with Gasteiger partial charge in [-0.15, -0.1) is 0 Å². The van der Waals surface area contributed by atoms with Crippen molar-refractivity contribution in [3.05, 3.63) is 24.3 Å². The summed E-state index contributed by atoms with van der Waals surface area (Å²) in [6.45, 7) is 0.526. The molecule has 1 N–H and O–H groups in total. The van der Waals surface area contributed by atoms with Gasteiger partial charge in [-0.3, -0.25) is 4.79 Å². The van der Waals surface area contributed by atoms with Crippen LogP contribution in [0.2, 0.25) is 0 Å². The number of methoxy groups -OCH3 is 1. The third-order valence-electron chi connectivity index (χ3n) is 3.60. The van der Waals surface area contributed by atoms with Crippen molar-refractivity contribution < 1.29 is 14.3 Å². The molecular weight excluding hydrogens is 254 g/mol. The molecule has 1 aromatic rings. The molecule has 0 radical (unpaired) electrons. The molecule has 110 valence electrons. The highest BCUT2D eigenvalue weighted by Crippen LogP contribution is 2.25. The van der Waals surface area contributed by atoms with E-state index in [2.05, 4.69) is 5.32 Å². The zero-order valence-electron chi connectivity index (χ0n) is 12.1. The molecule has 4 heteroatoms. The first-order valence-electron chi connectivity index (χ1n) is 7.35. The number of hydrogen-bond donors (Lipinski definition) is 1. The lowest BCUT2D eigenvalue weighted by atomic mass is 10.2. The van der Waals surface area contributed by atoms with Gasteiger partial charge >= 0.3 is 0 Å². The van der Waals surface area contributed by atoms with Crippen LogP contribution in [0.5, 0.6) is 11.5 Å². The van der Waals surface area contributed by atoms with Gasteiger partial charge in [0.1, 0.15) is 0 Å². The highest BCUT2D eigenvalue weighted by Gasteiger charge is 2.16. The number of hydrogen-bond acceptors (Lipinski definition) is 3. The van der Waals surface area contributed by atoms with Crippen molar-refractivity contribution in [3.8, 4) is 11.5 Å². The Kier molecular flexibility index (Phi) is 5.71. The molecule has 2 rings (SSSR count). The van der Waals surface area contributed by atoms with Gasteiger partial charge in [0.2, 0.25) is 5.91 Å². The summed E-state index contributed by atoms with van der Waals surface area (Å²) < 4.78 is 10.9. The summed E-state index contributed by atoms with van der Waals surface area (Å²) in [5, 5.41) is 3.08. The Bertz CT molecular complexity index is 427. The summed E-state index contributed by atoms with van der Waals surface area (Å²) in [6, 6.07) is 7.95. The molecule has 1 aliphatic rings. The Morgan fingerprint density at radius 2 is 1.95 bits per heavy atom. The number of amides is 1. The molecule has 0 saturated heterocycles. The summed E-state index contributed by atoms with van der Waals surface area (Å²) in [5.74, 6) is 1.59. The first kappa shape index (κ1) is 14.7. The van der Waals surface area contributed by atoms with Gasteiger partial charge in [0.25, 0.3) is 0 Å². The van der Waals surface area contributed by atoms with Crippen LogP contribution in [0.4, 0.5) is 0 Å². The van der Waals surface area contributed by atoms with Gasteiger partial charge in [0.15, 0.2) is 11.5 Å². The van der Waals surface area contributed by atoms with E-state index >= 15 is 0 Å². The maximum atomic E-state index is 11.7. The van der Waals surface area contributed by atoms with Crippen LogP contribution >= 0.6 is 0 Å². The molecule has 1 aromatic carbocycles. The summed E-state index contributed by atoms with van der Waals surface area (Å²) >= 11 is 0. The highest BCUT2D eigenvalue weighted by molar-refractivity contribution is 5.76. The Labute approximate surface area is 120 Å². The molecule has 1 aliphatic carbocycles. The average molecular weight is 277 g/mol. The number of rotatable bonds is 7. The summed E-state index contributed by atoms with van der Waals surface area (Å²) in [6.07, 6.45) is 5.97. The smallest absolute Gasteiger partial charge is 0.220 e. The molecule has 0 heterocycles. The topological polar surface area (TPSA) is 47.6 Å². The molecule has 0 bridgehead atoms. The third kappa shape index (κ3) is 4.44. The van der Waals surface area contributed by atoms with E-state index in [1.54, 1.807) is 7.11 Å². The lowest BCUT2D eigenvalue weighted by Gasteiger charge is -2.12. The van der Waals surface area contributed by atoms with Crippen molar-refractivity contribution in [1.82, 2.24) is 5.32 Å². The maximum absolute atomic E-state index is 11.7. The van der Waals surface area contributed by atoms with E-state index in [9.17, 15) is 4.79 Å². The fourth-order valence-electron chi connectivity index (χ4n) is 2.52. The fraction of sp³-hybridized carbons (Fsp3) is 0.562. The quantitative estimate of drug-likeness (QED) is 0.780. The Morgan fingerprint density at radius 1 is 1.25 bits per heavy atom. The zero-order valence-corrected chi connectivity index (χ0v) is 12.1. The van der Waals surface area contributed by atoms with Crippen molar-refractivity contribution >= 4 is 5.91 Å². The van der Waals surface area contributed by atoms with E-state index in [4.69, 9.17) is 9.47 Å². The van der Waals surface area contributed by atoms with E-state index in [-0.39, 0.29) is 5.91 Å². The minimum absolute atomic E-state index is 0.139. The maximum Gasteiger partial charge on any atom is 0.220 e. The Hall–Kier alpha value is -1.71. The summed E-state index contributed by atoms with van der Waals surface area (Å²) in [7, 11) is 1.62. The van der Waals surface area contributed by atoms with Crippen LogP contribution in [0.1, 0.15) is 38.5 Å². The molecule has 1 fully saturated rings. The standard InChI is InChI=1S/C16H23NO3/c1-19-14-9-4-5-10-15(14)20-12-6-11-16(18)17-13-7-2-3-8-13/h4-5,9-10,13H,2-3,6-8,11-12H2,1H3,(H,17,18). The van der Waals surface area contributed by atoms with Gasteiger partial charge in [-0.1, -0.05) is 25.0 Å². The minimum Gasteiger partial charge on any atom is -0.493 e. The summed E-state index contributed by atoms with van der Waals surface area (Å²) in [4.78, 5) is 11.7. The van der Waals surface area contributed by atoms with Crippen molar-refractivity contribution in [1.29, 1.82) is 0 Å². The molecule has 0 aromatic heterocycles. The Balaban J connectivity index is 1.64. The van der Waals surface area contributed by atoms with Crippen LogP contribution in [0.25, 0.3) is 0 Å². The highest BCUT2D eigenvalue weighted by atomic mass is 16.5. The van der Waals surface area contributed by atoms with Crippen molar-refractivity contribution in [2.45, 2.75) is 44.6 Å². The van der Waals surface area contributed by atoms with E-state index in [0.29, 0.717) is 19.1 Å². The molecule has 0 unspecified atom stereocenters. The monoisotopic (exact) mass is 277 g/mol. The second kappa shape index (κ2) is 7.78. The van der Waals surface area contributed by atoms with Crippen LogP contribution in [0.3, 0.4) is 0 Å². The van der Waals surface area contributed by atoms with Gasteiger partial charge in [0, 0.05) is 12.5 Å². The lowest BCUT2D eigenvalue weighted by Crippen LogP contribution is -2.32. The summed E-state index contributed by atoms with van der Waals surface area (Å²) in [5.41, 5.74) is 0. The molecule has 4 nitrogen and oxygen atoms in total. The van der Waals surface area contributed by atoms with Crippen LogP contribution < -0.4 is 14.8 Å². The number of nitrogens with one attached hydrogen (secondary N) is 1. The van der Waals surface area contributed by atoms with E-state index < -0.39 is 0 Å². The SMILES string of the molecule is COc1ccccc1OCCCC(=O)NC1CCCC1.